The Morgan fingerprint density at radius 2 is 1.69 bits per heavy atom. The minimum atomic E-state index is -0.594. The number of hydrogen-bond donors (Lipinski definition) is 2. The molecular formula is C29H42N4O3. The minimum absolute atomic E-state index is 0.101. The third-order valence-corrected chi connectivity index (χ3v) is 6.19. The molecule has 0 spiro atoms. The van der Waals surface area contributed by atoms with E-state index >= 15 is 0 Å². The second-order valence-corrected chi connectivity index (χ2v) is 11.2. The normalized spacial score (nSPS) is 14.1. The van der Waals surface area contributed by atoms with Crippen LogP contribution in [0, 0.1) is 19.8 Å². The SMILES string of the molecule is Cc1ccc(-c2c(CNC(=O)OC(C)(C)C)c(CC(C)C)nc(C)c2NC(=O)N2CCCCC2)cc1. The van der Waals surface area contributed by atoms with Crippen LogP contribution in [0.5, 0.6) is 0 Å². The van der Waals surface area contributed by atoms with Crippen LogP contribution < -0.4 is 10.6 Å². The van der Waals surface area contributed by atoms with Gasteiger partial charge in [0, 0.05) is 36.5 Å². The first-order valence-electron chi connectivity index (χ1n) is 13.1. The van der Waals surface area contributed by atoms with Crippen molar-refractivity contribution in [3.05, 3.63) is 46.8 Å². The van der Waals surface area contributed by atoms with Gasteiger partial charge in [0.1, 0.15) is 5.60 Å². The lowest BCUT2D eigenvalue weighted by atomic mass is 9.92. The summed E-state index contributed by atoms with van der Waals surface area (Å²) in [5, 5.41) is 6.12. The molecule has 1 aliphatic heterocycles. The van der Waals surface area contributed by atoms with Crippen molar-refractivity contribution in [3.63, 3.8) is 0 Å². The minimum Gasteiger partial charge on any atom is -0.444 e. The smallest absolute Gasteiger partial charge is 0.407 e. The van der Waals surface area contributed by atoms with Gasteiger partial charge in [-0.05, 0) is 71.8 Å². The van der Waals surface area contributed by atoms with Crippen molar-refractivity contribution in [1.82, 2.24) is 15.2 Å². The zero-order valence-corrected chi connectivity index (χ0v) is 23.0. The van der Waals surface area contributed by atoms with Crippen molar-refractivity contribution in [2.75, 3.05) is 18.4 Å². The van der Waals surface area contributed by atoms with Gasteiger partial charge in [0.25, 0.3) is 0 Å². The van der Waals surface area contributed by atoms with Gasteiger partial charge in [0.05, 0.1) is 11.4 Å². The van der Waals surface area contributed by atoms with Crippen LogP contribution in [-0.2, 0) is 17.7 Å². The van der Waals surface area contributed by atoms with Crippen molar-refractivity contribution in [2.45, 2.75) is 86.3 Å². The molecule has 2 aromatic rings. The molecule has 1 aromatic heterocycles. The number of benzene rings is 1. The highest BCUT2D eigenvalue weighted by Crippen LogP contribution is 2.36. The molecule has 2 N–H and O–H groups in total. The lowest BCUT2D eigenvalue weighted by Gasteiger charge is -2.28. The predicted octanol–water partition coefficient (Wildman–Crippen LogP) is 6.61. The number of ether oxygens (including phenoxy) is 1. The molecule has 1 fully saturated rings. The van der Waals surface area contributed by atoms with Gasteiger partial charge in [-0.3, -0.25) is 4.98 Å². The first kappa shape index (κ1) is 27.5. The molecule has 0 saturated carbocycles. The summed E-state index contributed by atoms with van der Waals surface area (Å²) < 4.78 is 5.49. The Balaban J connectivity index is 2.10. The average molecular weight is 495 g/mol. The summed E-state index contributed by atoms with van der Waals surface area (Å²) in [4.78, 5) is 32.6. The van der Waals surface area contributed by atoms with Crippen LogP contribution in [0.1, 0.15) is 76.4 Å². The summed E-state index contributed by atoms with van der Waals surface area (Å²) in [7, 11) is 0. The largest absolute Gasteiger partial charge is 0.444 e. The van der Waals surface area contributed by atoms with Gasteiger partial charge in [0.2, 0.25) is 0 Å². The number of nitrogens with zero attached hydrogens (tertiary/aromatic N) is 2. The van der Waals surface area contributed by atoms with Crippen molar-refractivity contribution in [2.24, 2.45) is 5.92 Å². The highest BCUT2D eigenvalue weighted by atomic mass is 16.6. The van der Waals surface area contributed by atoms with Crippen LogP contribution in [0.15, 0.2) is 24.3 Å². The number of rotatable bonds is 6. The Kier molecular flexibility index (Phi) is 8.98. The van der Waals surface area contributed by atoms with Crippen LogP contribution in [0.4, 0.5) is 15.3 Å². The second-order valence-electron chi connectivity index (χ2n) is 11.2. The molecular weight excluding hydrogens is 452 g/mol. The first-order valence-corrected chi connectivity index (χ1v) is 13.1. The Labute approximate surface area is 216 Å². The molecule has 1 aliphatic rings. The molecule has 7 nitrogen and oxygen atoms in total. The fraction of sp³-hybridized carbons (Fsp3) is 0.552. The summed E-state index contributed by atoms with van der Waals surface area (Å²) in [5.41, 5.74) is 5.73. The lowest BCUT2D eigenvalue weighted by Crippen LogP contribution is -2.39. The van der Waals surface area contributed by atoms with Crippen molar-refractivity contribution in [3.8, 4) is 11.1 Å². The van der Waals surface area contributed by atoms with E-state index in [9.17, 15) is 9.59 Å². The fourth-order valence-electron chi connectivity index (χ4n) is 4.50. The Morgan fingerprint density at radius 1 is 1.06 bits per heavy atom. The molecule has 0 bridgehead atoms. The number of aryl methyl sites for hydroxylation is 2. The number of hydrogen-bond acceptors (Lipinski definition) is 4. The number of likely N-dealkylation sites (tertiary alicyclic amines) is 1. The number of alkyl carbamates (subject to hydrolysis) is 1. The van der Waals surface area contributed by atoms with E-state index in [1.807, 2.05) is 32.6 Å². The maximum Gasteiger partial charge on any atom is 0.407 e. The lowest BCUT2D eigenvalue weighted by molar-refractivity contribution is 0.0523. The van der Waals surface area contributed by atoms with Crippen molar-refractivity contribution in [1.29, 1.82) is 0 Å². The number of urea groups is 1. The molecule has 3 amide bonds. The highest BCUT2D eigenvalue weighted by molar-refractivity contribution is 5.96. The number of carbonyl (C=O) groups is 2. The summed E-state index contributed by atoms with van der Waals surface area (Å²) in [6.45, 7) is 15.6. The van der Waals surface area contributed by atoms with E-state index in [4.69, 9.17) is 9.72 Å². The quantitative estimate of drug-likeness (QED) is 0.473. The van der Waals surface area contributed by atoms with Gasteiger partial charge in [-0.25, -0.2) is 9.59 Å². The van der Waals surface area contributed by atoms with E-state index in [0.717, 1.165) is 72.4 Å². The molecule has 7 heteroatoms. The molecule has 0 radical (unpaired) electrons. The van der Waals surface area contributed by atoms with Gasteiger partial charge in [0.15, 0.2) is 0 Å². The van der Waals surface area contributed by atoms with E-state index in [2.05, 4.69) is 55.7 Å². The van der Waals surface area contributed by atoms with Crippen molar-refractivity contribution >= 4 is 17.8 Å². The monoisotopic (exact) mass is 494 g/mol. The first-order chi connectivity index (χ1) is 16.9. The van der Waals surface area contributed by atoms with Gasteiger partial charge in [-0.2, -0.15) is 0 Å². The van der Waals surface area contributed by atoms with Crippen LogP contribution in [0.3, 0.4) is 0 Å². The molecule has 1 aromatic carbocycles. The van der Waals surface area contributed by atoms with E-state index < -0.39 is 11.7 Å². The van der Waals surface area contributed by atoms with Crippen LogP contribution >= 0.6 is 0 Å². The summed E-state index contributed by atoms with van der Waals surface area (Å²) in [5.74, 6) is 0.372. The predicted molar refractivity (Wildman–Crippen MR) is 145 cm³/mol. The topological polar surface area (TPSA) is 83.6 Å². The molecule has 36 heavy (non-hydrogen) atoms. The number of amides is 3. The molecule has 196 valence electrons. The van der Waals surface area contributed by atoms with E-state index in [0.29, 0.717) is 11.6 Å². The zero-order valence-electron chi connectivity index (χ0n) is 23.0. The fourth-order valence-corrected chi connectivity index (χ4v) is 4.50. The molecule has 1 saturated heterocycles. The molecule has 0 aliphatic carbocycles. The summed E-state index contributed by atoms with van der Waals surface area (Å²) >= 11 is 0. The van der Waals surface area contributed by atoms with Gasteiger partial charge in [-0.15, -0.1) is 0 Å². The second kappa shape index (κ2) is 11.8. The Hall–Kier alpha value is -3.09. The maximum atomic E-state index is 13.3. The standard InChI is InChI=1S/C29H42N4O3/c1-19(2)17-24-23(18-30-28(35)36-29(5,6)7)25(22-13-11-20(3)12-14-22)26(21(4)31-24)32-27(34)33-15-9-8-10-16-33/h11-14,19H,8-10,15-18H2,1-7H3,(H,30,35)(H,32,34). The van der Waals surface area contributed by atoms with Gasteiger partial charge >= 0.3 is 12.1 Å². The molecule has 0 atom stereocenters. The van der Waals surface area contributed by atoms with Crippen LogP contribution in [0.2, 0.25) is 0 Å². The Bertz CT molecular complexity index is 1070. The van der Waals surface area contributed by atoms with E-state index in [1.54, 1.807) is 0 Å². The summed E-state index contributed by atoms with van der Waals surface area (Å²) in [6, 6.07) is 8.16. The number of piperidine rings is 1. The van der Waals surface area contributed by atoms with E-state index in [1.165, 1.54) is 0 Å². The third kappa shape index (κ3) is 7.45. The van der Waals surface area contributed by atoms with Gasteiger partial charge in [-0.1, -0.05) is 43.7 Å². The number of carbonyl (C=O) groups excluding carboxylic acids is 2. The molecule has 3 rings (SSSR count). The van der Waals surface area contributed by atoms with Crippen molar-refractivity contribution < 1.29 is 14.3 Å². The number of aromatic nitrogens is 1. The van der Waals surface area contributed by atoms with Gasteiger partial charge < -0.3 is 20.3 Å². The number of nitrogens with one attached hydrogen (secondary N) is 2. The average Bonchev–Trinajstić information content (AvgIpc) is 2.79. The molecule has 2 heterocycles. The van der Waals surface area contributed by atoms with Crippen LogP contribution in [0.25, 0.3) is 11.1 Å². The Morgan fingerprint density at radius 3 is 2.28 bits per heavy atom. The third-order valence-electron chi connectivity index (χ3n) is 6.19. The number of anilines is 1. The van der Waals surface area contributed by atoms with Crippen LogP contribution in [-0.4, -0.2) is 40.7 Å². The number of pyridine rings is 1. The van der Waals surface area contributed by atoms with E-state index in [-0.39, 0.29) is 12.6 Å². The maximum absolute atomic E-state index is 13.3. The zero-order chi connectivity index (χ0) is 26.5. The highest BCUT2D eigenvalue weighted by Gasteiger charge is 2.25. The molecule has 0 unspecified atom stereocenters. The summed E-state index contributed by atoms with van der Waals surface area (Å²) in [6.07, 6.45) is 3.48.